The Morgan fingerprint density at radius 3 is 2.39 bits per heavy atom. The number of hydrogen-bond donors (Lipinski definition) is 2. The summed E-state index contributed by atoms with van der Waals surface area (Å²) < 4.78 is 0. The van der Waals surface area contributed by atoms with E-state index in [1.165, 1.54) is 12.8 Å². The van der Waals surface area contributed by atoms with Gasteiger partial charge in [0.05, 0.1) is 0 Å². The number of rotatable bonds is 6. The van der Waals surface area contributed by atoms with Crippen molar-refractivity contribution in [3.8, 4) is 0 Å². The number of nitrogens with zero attached hydrogens (tertiary/aromatic N) is 2. The Hall–Kier alpha value is -1.32. The van der Waals surface area contributed by atoms with E-state index in [1.54, 1.807) is 0 Å². The summed E-state index contributed by atoms with van der Waals surface area (Å²) >= 11 is 0. The molecule has 0 unspecified atom stereocenters. The Bertz CT molecular complexity index is 424. The highest BCUT2D eigenvalue weighted by atomic mass is 15.1. The number of anilines is 2. The first-order chi connectivity index (χ1) is 8.58. The first kappa shape index (κ1) is 13.1. The van der Waals surface area contributed by atoms with Gasteiger partial charge in [0, 0.05) is 24.1 Å². The van der Waals surface area contributed by atoms with E-state index in [-0.39, 0.29) is 5.54 Å². The second-order valence-electron chi connectivity index (χ2n) is 5.43. The van der Waals surface area contributed by atoms with Crippen LogP contribution in [-0.4, -0.2) is 22.1 Å². The average molecular weight is 248 g/mol. The number of hydrogen-bond acceptors (Lipinski definition) is 4. The fraction of sp³-hybridized carbons (Fsp3) is 0.714. The maximum absolute atomic E-state index is 4.67. The van der Waals surface area contributed by atoms with Gasteiger partial charge in [-0.25, -0.2) is 9.97 Å². The van der Waals surface area contributed by atoms with Gasteiger partial charge in [-0.05, 0) is 40.0 Å². The van der Waals surface area contributed by atoms with E-state index in [4.69, 9.17) is 0 Å². The van der Waals surface area contributed by atoms with Crippen molar-refractivity contribution in [1.82, 2.24) is 9.97 Å². The van der Waals surface area contributed by atoms with E-state index in [2.05, 4.69) is 48.3 Å². The van der Waals surface area contributed by atoms with Crippen LogP contribution >= 0.6 is 0 Å². The van der Waals surface area contributed by atoms with Crippen molar-refractivity contribution in [2.24, 2.45) is 0 Å². The molecule has 0 spiro atoms. The van der Waals surface area contributed by atoms with Crippen LogP contribution in [0.4, 0.5) is 11.6 Å². The predicted molar refractivity (Wildman–Crippen MR) is 76.2 cm³/mol. The SMILES string of the molecule is CCCc1nc(NCC)c(C)c(NC2(C)CC2)n1. The van der Waals surface area contributed by atoms with Crippen molar-refractivity contribution in [3.05, 3.63) is 11.4 Å². The van der Waals surface area contributed by atoms with Gasteiger partial charge >= 0.3 is 0 Å². The predicted octanol–water partition coefficient (Wildman–Crippen LogP) is 3.13. The molecule has 2 rings (SSSR count). The molecule has 0 bridgehead atoms. The highest BCUT2D eigenvalue weighted by Gasteiger charge is 2.38. The monoisotopic (exact) mass is 248 g/mol. The van der Waals surface area contributed by atoms with Gasteiger partial charge in [0.25, 0.3) is 0 Å². The summed E-state index contributed by atoms with van der Waals surface area (Å²) in [6, 6.07) is 0. The molecule has 18 heavy (non-hydrogen) atoms. The molecule has 0 aliphatic heterocycles. The van der Waals surface area contributed by atoms with E-state index in [0.717, 1.165) is 42.4 Å². The maximum atomic E-state index is 4.67. The maximum Gasteiger partial charge on any atom is 0.135 e. The molecular formula is C14H24N4. The van der Waals surface area contributed by atoms with Gasteiger partial charge in [-0.2, -0.15) is 0 Å². The van der Waals surface area contributed by atoms with Gasteiger partial charge in [-0.3, -0.25) is 0 Å². The fourth-order valence-corrected chi connectivity index (χ4v) is 1.96. The second kappa shape index (κ2) is 5.12. The summed E-state index contributed by atoms with van der Waals surface area (Å²) in [4.78, 5) is 9.27. The molecule has 1 fully saturated rings. The first-order valence-corrected chi connectivity index (χ1v) is 6.97. The quantitative estimate of drug-likeness (QED) is 0.812. The van der Waals surface area contributed by atoms with Crippen LogP contribution in [0.3, 0.4) is 0 Å². The van der Waals surface area contributed by atoms with Crippen molar-refractivity contribution < 1.29 is 0 Å². The Morgan fingerprint density at radius 2 is 1.83 bits per heavy atom. The van der Waals surface area contributed by atoms with Crippen LogP contribution in [0.15, 0.2) is 0 Å². The van der Waals surface area contributed by atoms with Crippen molar-refractivity contribution >= 4 is 11.6 Å². The van der Waals surface area contributed by atoms with Crippen molar-refractivity contribution in [2.45, 2.75) is 58.9 Å². The second-order valence-corrected chi connectivity index (χ2v) is 5.43. The molecule has 1 aliphatic carbocycles. The number of aryl methyl sites for hydroxylation is 1. The smallest absolute Gasteiger partial charge is 0.135 e. The van der Waals surface area contributed by atoms with Crippen LogP contribution < -0.4 is 10.6 Å². The van der Waals surface area contributed by atoms with Crippen molar-refractivity contribution in [2.75, 3.05) is 17.2 Å². The topological polar surface area (TPSA) is 49.8 Å². The third-order valence-electron chi connectivity index (χ3n) is 3.43. The molecule has 1 aromatic rings. The van der Waals surface area contributed by atoms with Gasteiger partial charge in [0.2, 0.25) is 0 Å². The lowest BCUT2D eigenvalue weighted by molar-refractivity contribution is 0.793. The highest BCUT2D eigenvalue weighted by molar-refractivity contribution is 5.58. The van der Waals surface area contributed by atoms with Gasteiger partial charge in [-0.1, -0.05) is 6.92 Å². The van der Waals surface area contributed by atoms with Crippen molar-refractivity contribution in [3.63, 3.8) is 0 Å². The standard InChI is InChI=1S/C14H24N4/c1-5-7-11-16-12(15-6-2)10(3)13(17-11)18-14(4)8-9-14/h5-9H2,1-4H3,(H2,15,16,17,18). The van der Waals surface area contributed by atoms with Crippen LogP contribution in [-0.2, 0) is 6.42 Å². The van der Waals surface area contributed by atoms with Gasteiger partial charge in [-0.15, -0.1) is 0 Å². The van der Waals surface area contributed by atoms with E-state index >= 15 is 0 Å². The Balaban J connectivity index is 2.29. The summed E-state index contributed by atoms with van der Waals surface area (Å²) in [6.07, 6.45) is 4.47. The van der Waals surface area contributed by atoms with Crippen LogP contribution in [0.2, 0.25) is 0 Å². The molecule has 1 heterocycles. The molecule has 4 nitrogen and oxygen atoms in total. The van der Waals surface area contributed by atoms with Crippen LogP contribution in [0.1, 0.15) is 51.4 Å². The fourth-order valence-electron chi connectivity index (χ4n) is 1.96. The molecule has 0 saturated heterocycles. The molecular weight excluding hydrogens is 224 g/mol. The zero-order valence-corrected chi connectivity index (χ0v) is 11.9. The third-order valence-corrected chi connectivity index (χ3v) is 3.43. The first-order valence-electron chi connectivity index (χ1n) is 6.97. The summed E-state index contributed by atoms with van der Waals surface area (Å²) in [5, 5.41) is 6.90. The lowest BCUT2D eigenvalue weighted by Crippen LogP contribution is -2.19. The Labute approximate surface area is 110 Å². The van der Waals surface area contributed by atoms with Crippen molar-refractivity contribution in [1.29, 1.82) is 0 Å². The normalized spacial score (nSPS) is 16.4. The molecule has 1 aliphatic rings. The van der Waals surface area contributed by atoms with E-state index < -0.39 is 0 Å². The van der Waals surface area contributed by atoms with Crippen LogP contribution in [0, 0.1) is 6.92 Å². The summed E-state index contributed by atoms with van der Waals surface area (Å²) in [6.45, 7) is 9.48. The number of nitrogens with one attached hydrogen (secondary N) is 2. The Kier molecular flexibility index (Phi) is 3.73. The lowest BCUT2D eigenvalue weighted by atomic mass is 10.2. The minimum absolute atomic E-state index is 0.256. The third kappa shape index (κ3) is 2.92. The minimum Gasteiger partial charge on any atom is -0.370 e. The summed E-state index contributed by atoms with van der Waals surface area (Å²) in [7, 11) is 0. The van der Waals surface area contributed by atoms with Crippen LogP contribution in [0.25, 0.3) is 0 Å². The zero-order chi connectivity index (χ0) is 13.2. The number of aromatic nitrogens is 2. The zero-order valence-electron chi connectivity index (χ0n) is 11.9. The molecule has 0 radical (unpaired) electrons. The molecule has 0 atom stereocenters. The summed E-state index contributed by atoms with van der Waals surface area (Å²) in [5.74, 6) is 2.91. The minimum atomic E-state index is 0.256. The van der Waals surface area contributed by atoms with E-state index in [9.17, 15) is 0 Å². The van der Waals surface area contributed by atoms with Gasteiger partial charge in [0.1, 0.15) is 17.5 Å². The largest absolute Gasteiger partial charge is 0.370 e. The molecule has 100 valence electrons. The van der Waals surface area contributed by atoms with Gasteiger partial charge in [0.15, 0.2) is 0 Å². The highest BCUT2D eigenvalue weighted by Crippen LogP contribution is 2.38. The van der Waals surface area contributed by atoms with E-state index in [0.29, 0.717) is 0 Å². The molecule has 1 saturated carbocycles. The molecule has 1 aromatic heterocycles. The summed E-state index contributed by atoms with van der Waals surface area (Å²) in [5.41, 5.74) is 1.39. The molecule has 4 heteroatoms. The molecule has 2 N–H and O–H groups in total. The van der Waals surface area contributed by atoms with Crippen LogP contribution in [0.5, 0.6) is 0 Å². The molecule has 0 aromatic carbocycles. The molecule has 0 amide bonds. The lowest BCUT2D eigenvalue weighted by Gasteiger charge is -2.18. The van der Waals surface area contributed by atoms with Gasteiger partial charge < -0.3 is 10.6 Å². The average Bonchev–Trinajstić information content (AvgIpc) is 3.03. The Morgan fingerprint density at radius 1 is 1.17 bits per heavy atom. The van der Waals surface area contributed by atoms with E-state index in [1.807, 2.05) is 0 Å².